The molecule has 3 aromatic rings. The van der Waals surface area contributed by atoms with Gasteiger partial charge < -0.3 is 15.4 Å². The lowest BCUT2D eigenvalue weighted by Crippen LogP contribution is -2.29. The summed E-state index contributed by atoms with van der Waals surface area (Å²) in [6.45, 7) is 1.45. The number of carbonyl (C=O) groups is 2. The molecule has 0 aliphatic heterocycles. The molecule has 6 heteroatoms. The molecule has 2 N–H and O–H groups in total. The molecule has 28 heavy (non-hydrogen) atoms. The van der Waals surface area contributed by atoms with Gasteiger partial charge in [0, 0.05) is 18.7 Å². The Bertz CT molecular complexity index is 895. The van der Waals surface area contributed by atoms with Gasteiger partial charge in [0.2, 0.25) is 0 Å². The molecular weight excluding hydrogens is 372 g/mol. The van der Waals surface area contributed by atoms with Crippen LogP contribution in [-0.4, -0.2) is 24.9 Å². The van der Waals surface area contributed by atoms with Crippen LogP contribution >= 0.6 is 11.3 Å². The van der Waals surface area contributed by atoms with E-state index in [4.69, 9.17) is 4.74 Å². The summed E-state index contributed by atoms with van der Waals surface area (Å²) >= 11 is 1.41. The lowest BCUT2D eigenvalue weighted by atomic mass is 10.2. The second kappa shape index (κ2) is 10.3. The molecule has 0 bridgehead atoms. The maximum Gasteiger partial charge on any atom is 0.261 e. The SMILES string of the molecule is O=C(NCCCNC(=O)c1cccs1)c1cccc(OCc2ccccc2)c1. The lowest BCUT2D eigenvalue weighted by Gasteiger charge is -2.09. The lowest BCUT2D eigenvalue weighted by molar-refractivity contribution is 0.0952. The van der Waals surface area contributed by atoms with Crippen LogP contribution in [0.3, 0.4) is 0 Å². The van der Waals surface area contributed by atoms with E-state index in [0.717, 1.165) is 5.56 Å². The molecule has 1 aromatic heterocycles. The van der Waals surface area contributed by atoms with E-state index in [-0.39, 0.29) is 11.8 Å². The van der Waals surface area contributed by atoms with Gasteiger partial charge >= 0.3 is 0 Å². The highest BCUT2D eigenvalue weighted by atomic mass is 32.1. The van der Waals surface area contributed by atoms with Crippen LogP contribution in [0.25, 0.3) is 0 Å². The van der Waals surface area contributed by atoms with Crippen molar-refractivity contribution in [1.82, 2.24) is 10.6 Å². The van der Waals surface area contributed by atoms with E-state index in [0.29, 0.717) is 42.3 Å². The van der Waals surface area contributed by atoms with Gasteiger partial charge in [0.05, 0.1) is 4.88 Å². The van der Waals surface area contributed by atoms with Crippen LogP contribution in [0.2, 0.25) is 0 Å². The van der Waals surface area contributed by atoms with Crippen LogP contribution < -0.4 is 15.4 Å². The van der Waals surface area contributed by atoms with Crippen molar-refractivity contribution in [2.24, 2.45) is 0 Å². The number of ether oxygens (including phenoxy) is 1. The number of thiophene rings is 1. The topological polar surface area (TPSA) is 67.4 Å². The third-order valence-corrected chi connectivity index (χ3v) is 4.88. The first-order valence-electron chi connectivity index (χ1n) is 9.09. The van der Waals surface area contributed by atoms with Crippen molar-refractivity contribution < 1.29 is 14.3 Å². The standard InChI is InChI=1S/C22H22N2O3S/c25-21(23-12-6-13-24-22(26)20-11-5-14-28-20)18-9-4-10-19(15-18)27-16-17-7-2-1-3-8-17/h1-5,7-11,14-15H,6,12-13,16H2,(H,23,25)(H,24,26). The predicted molar refractivity (Wildman–Crippen MR) is 111 cm³/mol. The van der Waals surface area contributed by atoms with Crippen LogP contribution in [0.4, 0.5) is 0 Å². The molecule has 2 aromatic carbocycles. The van der Waals surface area contributed by atoms with Crippen LogP contribution in [-0.2, 0) is 6.61 Å². The van der Waals surface area contributed by atoms with Crippen LogP contribution in [0.5, 0.6) is 5.75 Å². The summed E-state index contributed by atoms with van der Waals surface area (Å²) in [4.78, 5) is 24.8. The Balaban J connectivity index is 1.40. The number of amides is 2. The van der Waals surface area contributed by atoms with E-state index in [1.165, 1.54) is 11.3 Å². The zero-order chi connectivity index (χ0) is 19.6. The van der Waals surface area contributed by atoms with Crippen molar-refractivity contribution in [2.75, 3.05) is 13.1 Å². The quantitative estimate of drug-likeness (QED) is 0.541. The highest BCUT2D eigenvalue weighted by molar-refractivity contribution is 7.12. The van der Waals surface area contributed by atoms with Gasteiger partial charge in [-0.3, -0.25) is 9.59 Å². The van der Waals surface area contributed by atoms with Gasteiger partial charge in [0.25, 0.3) is 11.8 Å². The molecule has 0 unspecified atom stereocenters. The number of benzene rings is 2. The van der Waals surface area contributed by atoms with Crippen LogP contribution in [0.1, 0.15) is 32.0 Å². The molecule has 0 radical (unpaired) electrons. The van der Waals surface area contributed by atoms with Gasteiger partial charge in [-0.1, -0.05) is 42.5 Å². The number of nitrogens with one attached hydrogen (secondary N) is 2. The molecule has 0 fully saturated rings. The fourth-order valence-corrected chi connectivity index (χ4v) is 3.20. The minimum atomic E-state index is -0.158. The van der Waals surface area contributed by atoms with E-state index in [2.05, 4.69) is 10.6 Å². The zero-order valence-electron chi connectivity index (χ0n) is 15.4. The Kier molecular flexibility index (Phi) is 7.21. The summed E-state index contributed by atoms with van der Waals surface area (Å²) in [7, 11) is 0. The summed E-state index contributed by atoms with van der Waals surface area (Å²) in [5.41, 5.74) is 1.62. The van der Waals surface area contributed by atoms with Gasteiger partial charge in [-0.15, -0.1) is 11.3 Å². The highest BCUT2D eigenvalue weighted by Crippen LogP contribution is 2.15. The van der Waals surface area contributed by atoms with Gasteiger partial charge in [0.15, 0.2) is 0 Å². The summed E-state index contributed by atoms with van der Waals surface area (Å²) < 4.78 is 5.76. The fraction of sp³-hybridized carbons (Fsp3) is 0.182. The summed E-state index contributed by atoms with van der Waals surface area (Å²) in [5, 5.41) is 7.57. The van der Waals surface area contributed by atoms with Crippen molar-refractivity contribution in [2.45, 2.75) is 13.0 Å². The maximum atomic E-state index is 12.3. The van der Waals surface area contributed by atoms with Gasteiger partial charge in [-0.25, -0.2) is 0 Å². The first-order chi connectivity index (χ1) is 13.7. The van der Waals surface area contributed by atoms with Crippen LogP contribution in [0, 0.1) is 0 Å². The normalized spacial score (nSPS) is 10.3. The third-order valence-electron chi connectivity index (χ3n) is 4.01. The number of hydrogen-bond donors (Lipinski definition) is 2. The van der Waals surface area contributed by atoms with Gasteiger partial charge in [-0.05, 0) is 41.6 Å². The zero-order valence-corrected chi connectivity index (χ0v) is 16.2. The van der Waals surface area contributed by atoms with E-state index in [9.17, 15) is 9.59 Å². The third kappa shape index (κ3) is 5.96. The van der Waals surface area contributed by atoms with Crippen LogP contribution in [0.15, 0.2) is 72.1 Å². The molecule has 5 nitrogen and oxygen atoms in total. The summed E-state index contributed by atoms with van der Waals surface area (Å²) in [5.74, 6) is 0.416. The Morgan fingerprint density at radius 2 is 1.64 bits per heavy atom. The number of hydrogen-bond acceptors (Lipinski definition) is 4. The Morgan fingerprint density at radius 3 is 2.39 bits per heavy atom. The first kappa shape index (κ1) is 19.6. The average molecular weight is 394 g/mol. The molecule has 3 rings (SSSR count). The molecule has 0 aliphatic rings. The Morgan fingerprint density at radius 1 is 0.857 bits per heavy atom. The monoisotopic (exact) mass is 394 g/mol. The minimum absolute atomic E-state index is 0.0791. The van der Waals surface area contributed by atoms with E-state index < -0.39 is 0 Å². The first-order valence-corrected chi connectivity index (χ1v) is 9.97. The fourth-order valence-electron chi connectivity index (χ4n) is 2.56. The average Bonchev–Trinajstić information content (AvgIpc) is 3.28. The molecule has 0 aliphatic carbocycles. The van der Waals surface area contributed by atoms with Gasteiger partial charge in [-0.2, -0.15) is 0 Å². The maximum absolute atomic E-state index is 12.3. The largest absolute Gasteiger partial charge is 0.489 e. The number of carbonyl (C=O) groups excluding carboxylic acids is 2. The van der Waals surface area contributed by atoms with Gasteiger partial charge in [0.1, 0.15) is 12.4 Å². The van der Waals surface area contributed by atoms with Crippen molar-refractivity contribution in [3.05, 3.63) is 88.1 Å². The number of rotatable bonds is 9. The second-order valence-corrected chi connectivity index (χ2v) is 7.09. The Labute approximate surface area is 168 Å². The predicted octanol–water partition coefficient (Wildman–Crippen LogP) is 3.88. The summed E-state index contributed by atoms with van der Waals surface area (Å²) in [6.07, 6.45) is 0.660. The molecule has 0 atom stereocenters. The molecule has 0 saturated heterocycles. The van der Waals surface area contributed by atoms with E-state index >= 15 is 0 Å². The molecule has 0 saturated carbocycles. The Hall–Kier alpha value is -3.12. The molecule has 2 amide bonds. The minimum Gasteiger partial charge on any atom is -0.489 e. The van der Waals surface area contributed by atoms with Crippen molar-refractivity contribution in [1.29, 1.82) is 0 Å². The highest BCUT2D eigenvalue weighted by Gasteiger charge is 2.08. The van der Waals surface area contributed by atoms with Crippen molar-refractivity contribution in [3.8, 4) is 5.75 Å². The second-order valence-electron chi connectivity index (χ2n) is 6.14. The molecule has 1 heterocycles. The molecule has 0 spiro atoms. The van der Waals surface area contributed by atoms with E-state index in [1.54, 1.807) is 24.3 Å². The summed E-state index contributed by atoms with van der Waals surface area (Å²) in [6, 6.07) is 20.6. The van der Waals surface area contributed by atoms with Crippen molar-refractivity contribution in [3.63, 3.8) is 0 Å². The molecular formula is C22H22N2O3S. The van der Waals surface area contributed by atoms with Crippen molar-refractivity contribution >= 4 is 23.2 Å². The molecule has 144 valence electrons. The van der Waals surface area contributed by atoms with E-state index in [1.807, 2.05) is 47.8 Å². The smallest absolute Gasteiger partial charge is 0.261 e.